The van der Waals surface area contributed by atoms with Crippen LogP contribution in [0, 0.1) is 10.1 Å². The molecule has 0 aliphatic heterocycles. The molecule has 2 N–H and O–H groups in total. The lowest BCUT2D eigenvalue weighted by Crippen LogP contribution is -2.18. The number of nitrogens with zero attached hydrogens (tertiary/aromatic N) is 1. The first-order chi connectivity index (χ1) is 8.02. The molecule has 0 amide bonds. The molecule has 1 unspecified atom stereocenters. The van der Waals surface area contributed by atoms with Crippen molar-refractivity contribution in [3.05, 3.63) is 38.3 Å². The Morgan fingerprint density at radius 1 is 1.59 bits per heavy atom. The van der Waals surface area contributed by atoms with Gasteiger partial charge in [0.05, 0.1) is 15.5 Å². The Morgan fingerprint density at radius 2 is 2.29 bits per heavy atom. The maximum Gasteiger partial charge on any atom is 0.283 e. The Morgan fingerprint density at radius 3 is 2.88 bits per heavy atom. The topological polar surface area (TPSA) is 75.4 Å². The number of hydrogen-bond donors (Lipinski definition) is 2. The summed E-state index contributed by atoms with van der Waals surface area (Å²) in [6.07, 6.45) is 0.322. The van der Waals surface area contributed by atoms with Crippen LogP contribution in [0.5, 0.6) is 0 Å². The summed E-state index contributed by atoms with van der Waals surface area (Å²) >= 11 is 3.23. The third kappa shape index (κ3) is 4.41. The van der Waals surface area contributed by atoms with E-state index in [1.54, 1.807) is 13.0 Å². The Kier molecular flexibility index (Phi) is 5.54. The first kappa shape index (κ1) is 14.1. The normalized spacial score (nSPS) is 12.4. The van der Waals surface area contributed by atoms with Gasteiger partial charge in [0, 0.05) is 12.6 Å². The molecule has 0 heterocycles. The number of nitrogens with one attached hydrogen (secondary N) is 1. The molecule has 1 aromatic rings. The van der Waals surface area contributed by atoms with Gasteiger partial charge in [0.2, 0.25) is 0 Å². The molecule has 0 aliphatic carbocycles. The first-order valence-electron chi connectivity index (χ1n) is 5.33. The van der Waals surface area contributed by atoms with E-state index in [0.717, 1.165) is 5.56 Å². The van der Waals surface area contributed by atoms with E-state index in [9.17, 15) is 10.1 Å². The van der Waals surface area contributed by atoms with Crippen molar-refractivity contribution >= 4 is 21.6 Å². The largest absolute Gasteiger partial charge is 0.393 e. The molecule has 1 aromatic carbocycles. The average Bonchev–Trinajstić information content (AvgIpc) is 2.25. The minimum atomic E-state index is -0.413. The van der Waals surface area contributed by atoms with Crippen molar-refractivity contribution in [2.24, 2.45) is 0 Å². The van der Waals surface area contributed by atoms with Crippen molar-refractivity contribution in [2.75, 3.05) is 6.54 Å². The smallest absolute Gasteiger partial charge is 0.283 e. The van der Waals surface area contributed by atoms with Crippen LogP contribution in [0.1, 0.15) is 18.9 Å². The highest BCUT2D eigenvalue weighted by Gasteiger charge is 2.14. The second-order valence-corrected chi connectivity index (χ2v) is 4.61. The van der Waals surface area contributed by atoms with Crippen LogP contribution in [-0.4, -0.2) is 22.7 Å². The Balaban J connectivity index is 2.59. The van der Waals surface area contributed by atoms with Gasteiger partial charge in [-0.3, -0.25) is 10.1 Å². The van der Waals surface area contributed by atoms with Crippen LogP contribution in [0.15, 0.2) is 22.7 Å². The van der Waals surface area contributed by atoms with Gasteiger partial charge in [-0.05, 0) is 41.4 Å². The monoisotopic (exact) mass is 302 g/mol. The molecule has 0 spiro atoms. The standard InChI is InChI=1S/C11H15BrN2O3/c1-8(15)5-6-13-7-9-3-2-4-10(11(9)12)14(16)17/h2-4,8,13,15H,5-7H2,1H3. The summed E-state index contributed by atoms with van der Waals surface area (Å²) in [4.78, 5) is 10.3. The molecule has 0 fully saturated rings. The quantitative estimate of drug-likeness (QED) is 0.480. The number of nitro benzene ring substituents is 1. The molecule has 1 atom stereocenters. The number of hydrogen-bond acceptors (Lipinski definition) is 4. The van der Waals surface area contributed by atoms with E-state index in [4.69, 9.17) is 5.11 Å². The molecule has 0 aromatic heterocycles. The Labute approximate surface area is 108 Å². The van der Waals surface area contributed by atoms with Gasteiger partial charge in [-0.1, -0.05) is 12.1 Å². The first-order valence-corrected chi connectivity index (χ1v) is 6.12. The van der Waals surface area contributed by atoms with Gasteiger partial charge >= 0.3 is 0 Å². The highest BCUT2D eigenvalue weighted by atomic mass is 79.9. The van der Waals surface area contributed by atoms with E-state index in [1.807, 2.05) is 6.07 Å². The number of halogens is 1. The molecular formula is C11H15BrN2O3. The van der Waals surface area contributed by atoms with Crippen LogP contribution in [-0.2, 0) is 6.54 Å². The lowest BCUT2D eigenvalue weighted by Gasteiger charge is -2.08. The second-order valence-electron chi connectivity index (χ2n) is 3.82. The molecule has 5 nitrogen and oxygen atoms in total. The molecule has 17 heavy (non-hydrogen) atoms. The summed E-state index contributed by atoms with van der Waals surface area (Å²) < 4.78 is 0.509. The molecule has 0 bridgehead atoms. The van der Waals surface area contributed by atoms with Crippen LogP contribution in [0.25, 0.3) is 0 Å². The summed E-state index contributed by atoms with van der Waals surface area (Å²) in [6, 6.07) is 4.95. The van der Waals surface area contributed by atoms with Crippen LogP contribution in [0.4, 0.5) is 5.69 Å². The zero-order valence-electron chi connectivity index (χ0n) is 9.52. The maximum atomic E-state index is 10.7. The average molecular weight is 303 g/mol. The molecule has 0 aliphatic rings. The van der Waals surface area contributed by atoms with E-state index in [2.05, 4.69) is 21.2 Å². The van der Waals surface area contributed by atoms with Crippen LogP contribution in [0.3, 0.4) is 0 Å². The van der Waals surface area contributed by atoms with Crippen molar-refractivity contribution in [3.63, 3.8) is 0 Å². The number of aliphatic hydroxyl groups excluding tert-OH is 1. The molecule has 1 rings (SSSR count). The summed E-state index contributed by atoms with van der Waals surface area (Å²) in [5, 5.41) is 22.9. The SMILES string of the molecule is CC(O)CCNCc1cccc([N+](=O)[O-])c1Br. The van der Waals surface area contributed by atoms with Gasteiger partial charge in [-0.25, -0.2) is 0 Å². The van der Waals surface area contributed by atoms with Gasteiger partial charge in [-0.15, -0.1) is 0 Å². The predicted octanol–water partition coefficient (Wildman–Crippen LogP) is 2.22. The second kappa shape index (κ2) is 6.68. The summed E-state index contributed by atoms with van der Waals surface area (Å²) in [5.41, 5.74) is 0.907. The van der Waals surface area contributed by atoms with E-state index in [0.29, 0.717) is 24.0 Å². The van der Waals surface area contributed by atoms with E-state index in [1.165, 1.54) is 6.07 Å². The number of benzene rings is 1. The molecule has 94 valence electrons. The highest BCUT2D eigenvalue weighted by molar-refractivity contribution is 9.10. The molecular weight excluding hydrogens is 288 g/mol. The fourth-order valence-corrected chi connectivity index (χ4v) is 1.93. The van der Waals surface area contributed by atoms with Crippen LogP contribution >= 0.6 is 15.9 Å². The van der Waals surface area contributed by atoms with Gasteiger partial charge < -0.3 is 10.4 Å². The van der Waals surface area contributed by atoms with Crippen LogP contribution in [0.2, 0.25) is 0 Å². The zero-order valence-corrected chi connectivity index (χ0v) is 11.1. The lowest BCUT2D eigenvalue weighted by molar-refractivity contribution is -0.385. The van der Waals surface area contributed by atoms with Crippen molar-refractivity contribution in [3.8, 4) is 0 Å². The molecule has 6 heteroatoms. The fourth-order valence-electron chi connectivity index (χ4n) is 1.38. The van der Waals surface area contributed by atoms with Crippen molar-refractivity contribution in [1.29, 1.82) is 0 Å². The van der Waals surface area contributed by atoms with E-state index in [-0.39, 0.29) is 11.8 Å². The van der Waals surface area contributed by atoms with Gasteiger partial charge in [0.1, 0.15) is 0 Å². The fraction of sp³-hybridized carbons (Fsp3) is 0.455. The highest BCUT2D eigenvalue weighted by Crippen LogP contribution is 2.27. The molecule has 0 radical (unpaired) electrons. The predicted molar refractivity (Wildman–Crippen MR) is 68.8 cm³/mol. The summed E-state index contributed by atoms with van der Waals surface area (Å²) in [6.45, 7) is 2.94. The number of nitro groups is 1. The van der Waals surface area contributed by atoms with Gasteiger partial charge in [0.25, 0.3) is 5.69 Å². The third-order valence-electron chi connectivity index (χ3n) is 2.31. The number of rotatable bonds is 6. The third-order valence-corrected chi connectivity index (χ3v) is 3.22. The van der Waals surface area contributed by atoms with Gasteiger partial charge in [-0.2, -0.15) is 0 Å². The zero-order chi connectivity index (χ0) is 12.8. The maximum absolute atomic E-state index is 10.7. The molecule has 0 saturated heterocycles. The molecule has 0 saturated carbocycles. The van der Waals surface area contributed by atoms with Crippen LogP contribution < -0.4 is 5.32 Å². The van der Waals surface area contributed by atoms with Crippen molar-refractivity contribution in [2.45, 2.75) is 26.0 Å². The van der Waals surface area contributed by atoms with Crippen molar-refractivity contribution in [1.82, 2.24) is 5.32 Å². The van der Waals surface area contributed by atoms with Gasteiger partial charge in [0.15, 0.2) is 0 Å². The number of aliphatic hydroxyl groups is 1. The Bertz CT molecular complexity index is 396. The van der Waals surface area contributed by atoms with Crippen molar-refractivity contribution < 1.29 is 10.0 Å². The lowest BCUT2D eigenvalue weighted by atomic mass is 10.2. The Hall–Kier alpha value is -0.980. The van der Waals surface area contributed by atoms with E-state index < -0.39 is 4.92 Å². The summed E-state index contributed by atoms with van der Waals surface area (Å²) in [7, 11) is 0. The minimum Gasteiger partial charge on any atom is -0.393 e. The van der Waals surface area contributed by atoms with E-state index >= 15 is 0 Å². The summed E-state index contributed by atoms with van der Waals surface area (Å²) in [5.74, 6) is 0. The minimum absolute atomic E-state index is 0.0693.